The normalized spacial score (nSPS) is 10.1. The number of pyridine rings is 1. The van der Waals surface area contributed by atoms with Gasteiger partial charge < -0.3 is 4.74 Å². The maximum atomic E-state index is 5.00. The van der Waals surface area contributed by atoms with E-state index in [1.165, 1.54) is 0 Å². The molecule has 0 aliphatic rings. The van der Waals surface area contributed by atoms with Gasteiger partial charge in [0.15, 0.2) is 0 Å². The van der Waals surface area contributed by atoms with Crippen molar-refractivity contribution in [2.75, 3.05) is 7.11 Å². The molecule has 0 fully saturated rings. The second-order valence-corrected chi connectivity index (χ2v) is 3.52. The lowest BCUT2D eigenvalue weighted by atomic mass is 10.1. The highest BCUT2D eigenvalue weighted by molar-refractivity contribution is 5.38. The van der Waals surface area contributed by atoms with Crippen LogP contribution in [0.3, 0.4) is 0 Å². The molecule has 0 saturated carbocycles. The maximum absolute atomic E-state index is 5.00. The molecule has 1 aromatic carbocycles. The Morgan fingerprint density at radius 2 is 1.75 bits per heavy atom. The molecule has 0 atom stereocenters. The highest BCUT2D eigenvalue weighted by Crippen LogP contribution is 2.14. The van der Waals surface area contributed by atoms with Crippen LogP contribution in [-0.2, 0) is 0 Å². The number of hydrogen-bond donors (Lipinski definition) is 0. The van der Waals surface area contributed by atoms with Crippen LogP contribution in [0.25, 0.3) is 0 Å². The lowest BCUT2D eigenvalue weighted by Gasteiger charge is -2.03. The van der Waals surface area contributed by atoms with Crippen molar-refractivity contribution in [3.8, 4) is 5.88 Å². The van der Waals surface area contributed by atoms with Crippen molar-refractivity contribution in [1.82, 2.24) is 4.98 Å². The summed E-state index contributed by atoms with van der Waals surface area (Å²) < 4.78 is 5.00. The van der Waals surface area contributed by atoms with Crippen molar-refractivity contribution in [3.05, 3.63) is 72.6 Å². The van der Waals surface area contributed by atoms with Gasteiger partial charge in [-0.05, 0) is 23.6 Å². The number of benzene rings is 1. The molecular formula is C14H13NO. The average molecular weight is 211 g/mol. The molecule has 0 spiro atoms. The molecule has 2 rings (SSSR count). The lowest BCUT2D eigenvalue weighted by Crippen LogP contribution is -1.90. The summed E-state index contributed by atoms with van der Waals surface area (Å²) in [6, 6.07) is 11.9. The number of ether oxygens (including phenoxy) is 1. The monoisotopic (exact) mass is 211 g/mol. The highest BCUT2D eigenvalue weighted by Gasteiger charge is 1.98. The molecule has 0 saturated heterocycles. The first kappa shape index (κ1) is 10.7. The van der Waals surface area contributed by atoms with Gasteiger partial charge in [-0.2, -0.15) is 0 Å². The maximum Gasteiger partial charge on any atom is 0.212 e. The predicted octanol–water partition coefficient (Wildman–Crippen LogP) is 2.87. The van der Waals surface area contributed by atoms with Gasteiger partial charge in [0.25, 0.3) is 0 Å². The second-order valence-electron chi connectivity index (χ2n) is 3.52. The standard InChI is InChI=1S/C14H13NO/c1-11-3-5-12(6-4-11)9-13-7-8-14(16-2)15-10-13/h3-10H,1H2,2H3. The lowest BCUT2D eigenvalue weighted by molar-refractivity contribution is 0.398. The third-order valence-electron chi connectivity index (χ3n) is 2.28. The van der Waals surface area contributed by atoms with E-state index in [4.69, 9.17) is 4.74 Å². The number of aromatic nitrogens is 1. The average Bonchev–Trinajstić information content (AvgIpc) is 2.33. The molecule has 1 aromatic heterocycles. The van der Waals surface area contributed by atoms with Crippen LogP contribution in [0.4, 0.5) is 0 Å². The molecule has 1 heterocycles. The fraction of sp³-hybridized carbons (Fsp3) is 0.0714. The molecule has 16 heavy (non-hydrogen) atoms. The van der Waals surface area contributed by atoms with E-state index in [0.717, 1.165) is 16.7 Å². The molecule has 0 unspecified atom stereocenters. The molecule has 0 N–H and O–H groups in total. The van der Waals surface area contributed by atoms with Gasteiger partial charge in [-0.25, -0.2) is 4.98 Å². The Balaban J connectivity index is 2.11. The fourth-order valence-electron chi connectivity index (χ4n) is 1.40. The van der Waals surface area contributed by atoms with Crippen LogP contribution in [0.15, 0.2) is 42.6 Å². The molecular weight excluding hydrogens is 198 g/mol. The highest BCUT2D eigenvalue weighted by atomic mass is 16.5. The third-order valence-corrected chi connectivity index (χ3v) is 2.28. The topological polar surface area (TPSA) is 22.1 Å². The third kappa shape index (κ3) is 2.60. The smallest absolute Gasteiger partial charge is 0.212 e. The van der Waals surface area contributed by atoms with Crippen LogP contribution in [0, 0.1) is 13.3 Å². The summed E-state index contributed by atoms with van der Waals surface area (Å²) in [6.45, 7) is 3.85. The summed E-state index contributed by atoms with van der Waals surface area (Å²) >= 11 is 0. The molecule has 2 heteroatoms. The molecule has 0 aliphatic carbocycles. The van der Waals surface area contributed by atoms with Crippen molar-refractivity contribution in [3.63, 3.8) is 0 Å². The van der Waals surface area contributed by atoms with Crippen LogP contribution in [0.1, 0.15) is 16.7 Å². The van der Waals surface area contributed by atoms with Crippen LogP contribution in [0.2, 0.25) is 0 Å². The van der Waals surface area contributed by atoms with E-state index in [2.05, 4.69) is 18.3 Å². The molecule has 2 aromatic rings. The summed E-state index contributed by atoms with van der Waals surface area (Å²) in [7, 11) is 1.61. The number of methoxy groups -OCH3 is 1. The van der Waals surface area contributed by atoms with Gasteiger partial charge in [-0.15, -0.1) is 0 Å². The summed E-state index contributed by atoms with van der Waals surface area (Å²) in [5, 5.41) is 0. The Labute approximate surface area is 95.9 Å². The first-order chi connectivity index (χ1) is 7.78. The van der Waals surface area contributed by atoms with Crippen molar-refractivity contribution in [2.24, 2.45) is 0 Å². The predicted molar refractivity (Wildman–Crippen MR) is 64.2 cm³/mol. The minimum atomic E-state index is 0.630. The largest absolute Gasteiger partial charge is 0.481 e. The van der Waals surface area contributed by atoms with E-state index in [1.807, 2.05) is 36.4 Å². The zero-order valence-electron chi connectivity index (χ0n) is 9.18. The Morgan fingerprint density at radius 1 is 1.06 bits per heavy atom. The Morgan fingerprint density at radius 3 is 2.31 bits per heavy atom. The summed E-state index contributed by atoms with van der Waals surface area (Å²) in [6.07, 6.45) is 3.85. The van der Waals surface area contributed by atoms with Gasteiger partial charge in [0.1, 0.15) is 0 Å². The molecule has 0 bridgehead atoms. The van der Waals surface area contributed by atoms with Crippen molar-refractivity contribution in [1.29, 1.82) is 0 Å². The SMILES string of the molecule is [CH2]c1ccc([CH]c2ccc(OC)nc2)cc1. The van der Waals surface area contributed by atoms with E-state index < -0.39 is 0 Å². The van der Waals surface area contributed by atoms with Crippen LogP contribution >= 0.6 is 0 Å². The van der Waals surface area contributed by atoms with E-state index in [1.54, 1.807) is 13.3 Å². The molecule has 2 nitrogen and oxygen atoms in total. The minimum absolute atomic E-state index is 0.630. The summed E-state index contributed by atoms with van der Waals surface area (Å²) in [5.41, 5.74) is 3.21. The minimum Gasteiger partial charge on any atom is -0.481 e. The zero-order chi connectivity index (χ0) is 11.4. The van der Waals surface area contributed by atoms with Gasteiger partial charge in [0.05, 0.1) is 7.11 Å². The Hall–Kier alpha value is -1.83. The summed E-state index contributed by atoms with van der Waals surface area (Å²) in [4.78, 5) is 4.15. The van der Waals surface area contributed by atoms with Crippen molar-refractivity contribution >= 4 is 0 Å². The molecule has 2 radical (unpaired) electrons. The molecule has 0 amide bonds. The Bertz CT molecular complexity index is 445. The van der Waals surface area contributed by atoms with Crippen LogP contribution < -0.4 is 4.74 Å². The quantitative estimate of drug-likeness (QED) is 0.778. The first-order valence-electron chi connectivity index (χ1n) is 5.05. The molecule has 0 aliphatic heterocycles. The van der Waals surface area contributed by atoms with Gasteiger partial charge in [-0.3, -0.25) is 0 Å². The number of nitrogens with zero attached hydrogens (tertiary/aromatic N) is 1. The van der Waals surface area contributed by atoms with Crippen molar-refractivity contribution < 1.29 is 4.74 Å². The van der Waals surface area contributed by atoms with Crippen molar-refractivity contribution in [2.45, 2.75) is 0 Å². The number of rotatable bonds is 3. The van der Waals surface area contributed by atoms with E-state index in [-0.39, 0.29) is 0 Å². The van der Waals surface area contributed by atoms with E-state index in [0.29, 0.717) is 5.88 Å². The van der Waals surface area contributed by atoms with Gasteiger partial charge in [0.2, 0.25) is 5.88 Å². The van der Waals surface area contributed by atoms with E-state index in [9.17, 15) is 0 Å². The Kier molecular flexibility index (Phi) is 3.20. The van der Waals surface area contributed by atoms with E-state index >= 15 is 0 Å². The van der Waals surface area contributed by atoms with Crippen LogP contribution in [-0.4, -0.2) is 12.1 Å². The summed E-state index contributed by atoms with van der Waals surface area (Å²) in [5.74, 6) is 0.630. The number of hydrogen-bond acceptors (Lipinski definition) is 2. The van der Waals surface area contributed by atoms with Crippen LogP contribution in [0.5, 0.6) is 5.88 Å². The van der Waals surface area contributed by atoms with Gasteiger partial charge in [0, 0.05) is 18.7 Å². The van der Waals surface area contributed by atoms with Gasteiger partial charge >= 0.3 is 0 Å². The zero-order valence-corrected chi connectivity index (χ0v) is 9.18. The fourth-order valence-corrected chi connectivity index (χ4v) is 1.40. The first-order valence-corrected chi connectivity index (χ1v) is 5.05. The van der Waals surface area contributed by atoms with Gasteiger partial charge in [-0.1, -0.05) is 30.3 Å². The molecule has 80 valence electrons. The second kappa shape index (κ2) is 4.79.